The Morgan fingerprint density at radius 2 is 1.53 bits per heavy atom. The molecule has 3 aromatic rings. The summed E-state index contributed by atoms with van der Waals surface area (Å²) in [5.74, 6) is -0.682. The molecule has 0 unspecified atom stereocenters. The van der Waals surface area contributed by atoms with E-state index in [1.54, 1.807) is 24.3 Å². The first-order valence-corrected chi connectivity index (χ1v) is 14.4. The Balaban J connectivity index is 2.02. The molecule has 0 bridgehead atoms. The SMILES string of the molecule is CCNC(=O)[C@H](CC)N(CCc1ccccc1)C(=O)CN(c1ccc(C)cc1C)S(=O)(=O)c1ccccc1. The van der Waals surface area contributed by atoms with Crippen molar-refractivity contribution in [2.45, 2.75) is 51.5 Å². The average Bonchev–Trinajstić information content (AvgIpc) is 2.91. The quantitative estimate of drug-likeness (QED) is 0.370. The summed E-state index contributed by atoms with van der Waals surface area (Å²) in [6.45, 7) is 7.74. The van der Waals surface area contributed by atoms with Crippen LogP contribution in [-0.4, -0.2) is 50.8 Å². The zero-order chi connectivity index (χ0) is 27.7. The van der Waals surface area contributed by atoms with Crippen LogP contribution in [0.2, 0.25) is 0 Å². The van der Waals surface area contributed by atoms with E-state index < -0.39 is 28.5 Å². The molecule has 38 heavy (non-hydrogen) atoms. The number of aryl methyl sites for hydroxylation is 2. The number of anilines is 1. The van der Waals surface area contributed by atoms with Crippen LogP contribution in [0.15, 0.2) is 83.8 Å². The summed E-state index contributed by atoms with van der Waals surface area (Å²) in [7, 11) is -4.06. The summed E-state index contributed by atoms with van der Waals surface area (Å²) in [4.78, 5) is 28.5. The van der Waals surface area contributed by atoms with E-state index in [1.165, 1.54) is 21.3 Å². The third-order valence-electron chi connectivity index (χ3n) is 6.45. The number of nitrogens with zero attached hydrogens (tertiary/aromatic N) is 2. The number of rotatable bonds is 12. The van der Waals surface area contributed by atoms with Gasteiger partial charge in [0.15, 0.2) is 0 Å². The Labute approximate surface area is 226 Å². The Kier molecular flexibility index (Phi) is 10.1. The molecule has 0 saturated carbocycles. The van der Waals surface area contributed by atoms with Crippen LogP contribution in [0.5, 0.6) is 0 Å². The van der Waals surface area contributed by atoms with Crippen molar-refractivity contribution >= 4 is 27.5 Å². The topological polar surface area (TPSA) is 86.8 Å². The standard InChI is InChI=1S/C30H37N3O4S/c1-5-27(30(35)31-6-2)32(20-19-25-13-9-7-10-14-25)29(34)22-33(28-18-17-23(3)21-24(28)4)38(36,37)26-15-11-8-12-16-26/h7-18,21,27H,5-6,19-20,22H2,1-4H3,(H,31,35)/t27-/m0/s1. The molecule has 0 fully saturated rings. The van der Waals surface area contributed by atoms with Crippen molar-refractivity contribution in [1.82, 2.24) is 10.2 Å². The van der Waals surface area contributed by atoms with Crippen LogP contribution in [0.4, 0.5) is 5.69 Å². The van der Waals surface area contributed by atoms with E-state index in [2.05, 4.69) is 5.32 Å². The van der Waals surface area contributed by atoms with E-state index in [9.17, 15) is 18.0 Å². The second-order valence-corrected chi connectivity index (χ2v) is 11.1. The van der Waals surface area contributed by atoms with E-state index in [0.29, 0.717) is 25.1 Å². The van der Waals surface area contributed by atoms with Gasteiger partial charge in [-0.25, -0.2) is 8.42 Å². The molecule has 0 spiro atoms. The van der Waals surface area contributed by atoms with Crippen LogP contribution < -0.4 is 9.62 Å². The molecule has 202 valence electrons. The lowest BCUT2D eigenvalue weighted by Crippen LogP contribution is -2.53. The summed E-state index contributed by atoms with van der Waals surface area (Å²) in [5, 5.41) is 2.82. The minimum absolute atomic E-state index is 0.0966. The second kappa shape index (κ2) is 13.2. The number of amides is 2. The monoisotopic (exact) mass is 535 g/mol. The number of sulfonamides is 1. The van der Waals surface area contributed by atoms with E-state index in [-0.39, 0.29) is 17.3 Å². The smallest absolute Gasteiger partial charge is 0.264 e. The van der Waals surface area contributed by atoms with Gasteiger partial charge in [0.05, 0.1) is 10.6 Å². The van der Waals surface area contributed by atoms with Gasteiger partial charge in [0.25, 0.3) is 10.0 Å². The maximum atomic E-state index is 14.0. The van der Waals surface area contributed by atoms with Crippen molar-refractivity contribution in [3.8, 4) is 0 Å². The number of nitrogens with one attached hydrogen (secondary N) is 1. The number of hydrogen-bond acceptors (Lipinski definition) is 4. The Bertz CT molecular complexity index is 1330. The van der Waals surface area contributed by atoms with Crippen LogP contribution in [0.25, 0.3) is 0 Å². The van der Waals surface area contributed by atoms with Crippen LogP contribution in [0, 0.1) is 13.8 Å². The van der Waals surface area contributed by atoms with Gasteiger partial charge >= 0.3 is 0 Å². The number of benzene rings is 3. The Morgan fingerprint density at radius 3 is 2.11 bits per heavy atom. The average molecular weight is 536 g/mol. The molecule has 0 aliphatic heterocycles. The molecule has 0 radical (unpaired) electrons. The molecule has 2 amide bonds. The maximum Gasteiger partial charge on any atom is 0.264 e. The van der Waals surface area contributed by atoms with Crippen molar-refractivity contribution in [3.05, 3.63) is 95.6 Å². The Hall–Kier alpha value is -3.65. The first kappa shape index (κ1) is 28.9. The molecule has 0 aromatic heterocycles. The van der Waals surface area contributed by atoms with Crippen LogP contribution in [-0.2, 0) is 26.0 Å². The Morgan fingerprint density at radius 1 is 0.895 bits per heavy atom. The number of hydrogen-bond donors (Lipinski definition) is 1. The van der Waals surface area contributed by atoms with Crippen molar-refractivity contribution in [1.29, 1.82) is 0 Å². The fourth-order valence-electron chi connectivity index (χ4n) is 4.51. The highest BCUT2D eigenvalue weighted by Crippen LogP contribution is 2.28. The minimum Gasteiger partial charge on any atom is -0.355 e. The van der Waals surface area contributed by atoms with Gasteiger partial charge in [-0.2, -0.15) is 0 Å². The van der Waals surface area contributed by atoms with Crippen molar-refractivity contribution < 1.29 is 18.0 Å². The highest BCUT2D eigenvalue weighted by Gasteiger charge is 2.33. The highest BCUT2D eigenvalue weighted by molar-refractivity contribution is 7.92. The minimum atomic E-state index is -4.06. The normalized spacial score (nSPS) is 12.0. The van der Waals surface area contributed by atoms with Gasteiger partial charge in [-0.15, -0.1) is 0 Å². The molecular weight excluding hydrogens is 498 g/mol. The van der Waals surface area contributed by atoms with Gasteiger partial charge in [0.1, 0.15) is 12.6 Å². The predicted octanol–water partition coefficient (Wildman–Crippen LogP) is 4.48. The van der Waals surface area contributed by atoms with E-state index in [4.69, 9.17) is 0 Å². The zero-order valence-corrected chi connectivity index (χ0v) is 23.4. The lowest BCUT2D eigenvalue weighted by Gasteiger charge is -2.33. The molecule has 0 aliphatic carbocycles. The largest absolute Gasteiger partial charge is 0.355 e. The molecule has 0 aliphatic rings. The molecule has 0 heterocycles. The van der Waals surface area contributed by atoms with E-state index in [0.717, 1.165) is 16.7 Å². The summed E-state index contributed by atoms with van der Waals surface area (Å²) >= 11 is 0. The molecule has 7 nitrogen and oxygen atoms in total. The molecular formula is C30H37N3O4S. The third-order valence-corrected chi connectivity index (χ3v) is 8.23. The number of carbonyl (C=O) groups is 2. The summed E-state index contributed by atoms with van der Waals surface area (Å²) in [5.41, 5.74) is 3.19. The molecule has 8 heteroatoms. The molecule has 3 rings (SSSR count). The molecule has 3 aromatic carbocycles. The van der Waals surface area contributed by atoms with E-state index in [1.807, 2.05) is 70.2 Å². The molecule has 1 atom stereocenters. The zero-order valence-electron chi connectivity index (χ0n) is 22.6. The predicted molar refractivity (Wildman–Crippen MR) is 152 cm³/mol. The van der Waals surface area contributed by atoms with Crippen molar-refractivity contribution in [3.63, 3.8) is 0 Å². The first-order valence-electron chi connectivity index (χ1n) is 12.9. The second-order valence-electron chi connectivity index (χ2n) is 9.26. The van der Waals surface area contributed by atoms with Gasteiger partial charge in [-0.05, 0) is 62.9 Å². The fraction of sp³-hybridized carbons (Fsp3) is 0.333. The maximum absolute atomic E-state index is 14.0. The van der Waals surface area contributed by atoms with Gasteiger partial charge in [0, 0.05) is 13.1 Å². The van der Waals surface area contributed by atoms with Crippen molar-refractivity contribution in [2.24, 2.45) is 0 Å². The van der Waals surface area contributed by atoms with Gasteiger partial charge in [-0.3, -0.25) is 13.9 Å². The number of carbonyl (C=O) groups excluding carboxylic acids is 2. The van der Waals surface area contributed by atoms with Gasteiger partial charge < -0.3 is 10.2 Å². The van der Waals surface area contributed by atoms with Crippen LogP contribution in [0.1, 0.15) is 37.0 Å². The summed E-state index contributed by atoms with van der Waals surface area (Å²) < 4.78 is 28.9. The molecule has 1 N–H and O–H groups in total. The summed E-state index contributed by atoms with van der Waals surface area (Å²) in [6.07, 6.45) is 0.943. The van der Waals surface area contributed by atoms with Gasteiger partial charge in [0.2, 0.25) is 11.8 Å². The van der Waals surface area contributed by atoms with Crippen molar-refractivity contribution in [2.75, 3.05) is 23.9 Å². The first-order chi connectivity index (χ1) is 18.2. The third kappa shape index (κ3) is 7.01. The lowest BCUT2D eigenvalue weighted by atomic mass is 10.1. The molecule has 0 saturated heterocycles. The van der Waals surface area contributed by atoms with Crippen LogP contribution in [0.3, 0.4) is 0 Å². The number of likely N-dealkylation sites (N-methyl/N-ethyl adjacent to an activating group) is 1. The highest BCUT2D eigenvalue weighted by atomic mass is 32.2. The lowest BCUT2D eigenvalue weighted by molar-refractivity contribution is -0.139. The van der Waals surface area contributed by atoms with E-state index >= 15 is 0 Å². The van der Waals surface area contributed by atoms with Crippen LogP contribution >= 0.6 is 0 Å². The summed E-state index contributed by atoms with van der Waals surface area (Å²) in [6, 6.07) is 22.6. The fourth-order valence-corrected chi connectivity index (χ4v) is 6.01. The van der Waals surface area contributed by atoms with Gasteiger partial charge in [-0.1, -0.05) is 73.2 Å².